The number of aliphatic hydroxyl groups is 2. The van der Waals surface area contributed by atoms with Gasteiger partial charge in [-0.1, -0.05) is 157 Å². The van der Waals surface area contributed by atoms with E-state index in [1.807, 2.05) is 158 Å². The van der Waals surface area contributed by atoms with Gasteiger partial charge in [-0.05, 0) is 46.5 Å². The van der Waals surface area contributed by atoms with Crippen LogP contribution in [0.4, 0.5) is 0 Å². The van der Waals surface area contributed by atoms with E-state index in [1.165, 1.54) is 0 Å². The fourth-order valence-corrected chi connectivity index (χ4v) is 6.08. The Morgan fingerprint density at radius 1 is 0.364 bits per heavy atom. The zero-order valence-corrected chi connectivity index (χ0v) is 23.9. The first-order valence-electron chi connectivity index (χ1n) is 14.6. The molecule has 0 spiro atoms. The smallest absolute Gasteiger partial charge is 0.178 e. The Labute approximate surface area is 257 Å². The number of benzene rings is 6. The van der Waals surface area contributed by atoms with Crippen molar-refractivity contribution >= 4 is 0 Å². The summed E-state index contributed by atoms with van der Waals surface area (Å²) in [5.74, 6) is 13.0. The summed E-state index contributed by atoms with van der Waals surface area (Å²) in [7, 11) is 0. The van der Waals surface area contributed by atoms with Gasteiger partial charge in [0, 0.05) is 33.4 Å². The van der Waals surface area contributed by atoms with E-state index in [2.05, 4.69) is 23.7 Å². The average molecular weight is 565 g/mol. The summed E-state index contributed by atoms with van der Waals surface area (Å²) < 4.78 is 0. The third-order valence-corrected chi connectivity index (χ3v) is 8.13. The highest BCUT2D eigenvalue weighted by Gasteiger charge is 2.51. The van der Waals surface area contributed by atoms with Crippen molar-refractivity contribution in [1.82, 2.24) is 0 Å². The molecule has 44 heavy (non-hydrogen) atoms. The van der Waals surface area contributed by atoms with E-state index < -0.39 is 11.2 Å². The fourth-order valence-electron chi connectivity index (χ4n) is 6.08. The molecule has 0 heterocycles. The molecule has 0 aliphatic heterocycles. The highest BCUT2D eigenvalue weighted by molar-refractivity contribution is 5.85. The number of fused-ring (bicyclic) bond motifs is 2. The molecule has 0 fully saturated rings. The van der Waals surface area contributed by atoms with Crippen molar-refractivity contribution in [3.8, 4) is 45.9 Å². The summed E-state index contributed by atoms with van der Waals surface area (Å²) >= 11 is 0. The lowest BCUT2D eigenvalue weighted by Crippen LogP contribution is -2.42. The maximum absolute atomic E-state index is 13.0. The molecule has 1 aliphatic carbocycles. The molecule has 0 bridgehead atoms. The minimum Gasteiger partial charge on any atom is -0.369 e. The quantitative estimate of drug-likeness (QED) is 0.210. The zero-order valence-electron chi connectivity index (χ0n) is 23.9. The molecule has 0 saturated carbocycles. The van der Waals surface area contributed by atoms with Crippen molar-refractivity contribution in [2.75, 3.05) is 0 Å². The fraction of sp³-hybridized carbons (Fsp3) is 0.0476. The van der Waals surface area contributed by atoms with Crippen LogP contribution in [0.3, 0.4) is 0 Å². The van der Waals surface area contributed by atoms with E-state index >= 15 is 0 Å². The Kier molecular flexibility index (Phi) is 6.94. The van der Waals surface area contributed by atoms with E-state index in [4.69, 9.17) is 0 Å². The Morgan fingerprint density at radius 2 is 0.682 bits per heavy atom. The van der Waals surface area contributed by atoms with E-state index in [-0.39, 0.29) is 0 Å². The first-order chi connectivity index (χ1) is 21.6. The monoisotopic (exact) mass is 564 g/mol. The van der Waals surface area contributed by atoms with E-state index in [0.717, 1.165) is 33.4 Å². The second kappa shape index (κ2) is 11.2. The molecule has 2 atom stereocenters. The van der Waals surface area contributed by atoms with Gasteiger partial charge in [-0.2, -0.15) is 0 Å². The van der Waals surface area contributed by atoms with Crippen LogP contribution in [0, 0.1) is 23.7 Å². The van der Waals surface area contributed by atoms with Crippen LogP contribution in [0.1, 0.15) is 33.4 Å². The summed E-state index contributed by atoms with van der Waals surface area (Å²) in [5, 5.41) is 26.1. The highest BCUT2D eigenvalue weighted by atomic mass is 16.3. The molecule has 0 unspecified atom stereocenters. The summed E-state index contributed by atoms with van der Waals surface area (Å²) in [5.41, 5.74) is 3.45. The Balaban J connectivity index is 1.64. The number of hydrogen-bond donors (Lipinski definition) is 2. The maximum atomic E-state index is 13.0. The van der Waals surface area contributed by atoms with Crippen molar-refractivity contribution in [2.45, 2.75) is 11.2 Å². The summed E-state index contributed by atoms with van der Waals surface area (Å²) in [4.78, 5) is 0. The van der Waals surface area contributed by atoms with Crippen LogP contribution in [0.2, 0.25) is 0 Å². The van der Waals surface area contributed by atoms with E-state index in [1.54, 1.807) is 0 Å². The topological polar surface area (TPSA) is 40.5 Å². The lowest BCUT2D eigenvalue weighted by molar-refractivity contribution is 0.0954. The average Bonchev–Trinajstić information content (AvgIpc) is 3.10. The molecule has 1 aliphatic rings. The molecular weight excluding hydrogens is 536 g/mol. The first-order valence-corrected chi connectivity index (χ1v) is 14.6. The zero-order chi connectivity index (χ0) is 30.0. The van der Waals surface area contributed by atoms with Gasteiger partial charge in [0.25, 0.3) is 0 Å². The van der Waals surface area contributed by atoms with Gasteiger partial charge < -0.3 is 10.2 Å². The van der Waals surface area contributed by atoms with Gasteiger partial charge in [0.15, 0.2) is 11.2 Å². The number of rotatable bonds is 2. The SMILES string of the molecule is O[C@]1(C#Cc2ccccc2)c2ccccc2[C@](O)(C#Cc2ccccc2)c2c(-c3ccccc3)ccc(-c3ccccc3)c21. The molecule has 2 nitrogen and oxygen atoms in total. The van der Waals surface area contributed by atoms with Gasteiger partial charge in [-0.25, -0.2) is 0 Å². The standard InChI is InChI=1S/C42H28O2/c43-41(29-27-31-15-5-1-6-16-31)37-23-13-14-24-38(37)42(44,30-28-32-17-7-2-8-18-32)40-36(34-21-11-4-12-22-34)26-25-35(39(40)41)33-19-9-3-10-20-33/h1-26,43-44H/t41-,42-/m1/s1. The van der Waals surface area contributed by atoms with E-state index in [0.29, 0.717) is 22.3 Å². The molecule has 0 saturated heterocycles. The lowest BCUT2D eigenvalue weighted by Gasteiger charge is -2.42. The molecule has 208 valence electrons. The highest BCUT2D eigenvalue weighted by Crippen LogP contribution is 2.53. The van der Waals surface area contributed by atoms with Gasteiger partial charge in [-0.15, -0.1) is 0 Å². The molecule has 6 aromatic rings. The minimum atomic E-state index is -1.77. The van der Waals surface area contributed by atoms with Crippen LogP contribution in [0.5, 0.6) is 0 Å². The van der Waals surface area contributed by atoms with Crippen LogP contribution in [-0.4, -0.2) is 10.2 Å². The molecule has 0 aromatic heterocycles. The summed E-state index contributed by atoms with van der Waals surface area (Å²) in [6.07, 6.45) is 0. The Hall–Kier alpha value is -5.64. The predicted octanol–water partition coefficient (Wildman–Crippen LogP) is 7.91. The molecule has 2 N–H and O–H groups in total. The molecule has 0 radical (unpaired) electrons. The minimum absolute atomic E-state index is 0.503. The third-order valence-electron chi connectivity index (χ3n) is 8.13. The molecule has 7 rings (SSSR count). The first kappa shape index (κ1) is 27.2. The normalized spacial score (nSPS) is 18.0. The molecule has 6 aromatic carbocycles. The second-order valence-corrected chi connectivity index (χ2v) is 10.8. The van der Waals surface area contributed by atoms with Gasteiger partial charge in [0.05, 0.1) is 0 Å². The van der Waals surface area contributed by atoms with E-state index in [9.17, 15) is 10.2 Å². The van der Waals surface area contributed by atoms with Crippen molar-refractivity contribution in [1.29, 1.82) is 0 Å². The second-order valence-electron chi connectivity index (χ2n) is 10.8. The molecular formula is C42H28O2. The van der Waals surface area contributed by atoms with Crippen molar-refractivity contribution in [3.05, 3.63) is 191 Å². The largest absolute Gasteiger partial charge is 0.369 e. The summed E-state index contributed by atoms with van der Waals surface area (Å²) in [6, 6.07) is 50.6. The van der Waals surface area contributed by atoms with Crippen LogP contribution < -0.4 is 0 Å². The van der Waals surface area contributed by atoms with Crippen LogP contribution in [0.15, 0.2) is 158 Å². The van der Waals surface area contributed by atoms with Crippen LogP contribution in [-0.2, 0) is 11.2 Å². The predicted molar refractivity (Wildman–Crippen MR) is 176 cm³/mol. The third kappa shape index (κ3) is 4.70. The van der Waals surface area contributed by atoms with Crippen LogP contribution >= 0.6 is 0 Å². The number of hydrogen-bond acceptors (Lipinski definition) is 2. The van der Waals surface area contributed by atoms with Crippen molar-refractivity contribution in [3.63, 3.8) is 0 Å². The summed E-state index contributed by atoms with van der Waals surface area (Å²) in [6.45, 7) is 0. The lowest BCUT2D eigenvalue weighted by atomic mass is 9.64. The Bertz CT molecular complexity index is 1930. The van der Waals surface area contributed by atoms with Crippen molar-refractivity contribution in [2.24, 2.45) is 0 Å². The Morgan fingerprint density at radius 3 is 1.05 bits per heavy atom. The van der Waals surface area contributed by atoms with Gasteiger partial charge >= 0.3 is 0 Å². The van der Waals surface area contributed by atoms with Gasteiger partial charge in [0.2, 0.25) is 0 Å². The molecule has 0 amide bonds. The van der Waals surface area contributed by atoms with Crippen molar-refractivity contribution < 1.29 is 10.2 Å². The maximum Gasteiger partial charge on any atom is 0.178 e. The van der Waals surface area contributed by atoms with Gasteiger partial charge in [0.1, 0.15) is 0 Å². The van der Waals surface area contributed by atoms with Gasteiger partial charge in [-0.3, -0.25) is 0 Å². The molecule has 2 heteroatoms. The van der Waals surface area contributed by atoms with Crippen LogP contribution in [0.25, 0.3) is 22.3 Å².